The number of hydrazone groups is 1. The van der Waals surface area contributed by atoms with E-state index >= 15 is 0 Å². The Labute approximate surface area is 141 Å². The zero-order chi connectivity index (χ0) is 16.6. The predicted octanol–water partition coefficient (Wildman–Crippen LogP) is 4.77. The van der Waals surface area contributed by atoms with Gasteiger partial charge in [-0.15, -0.1) is 0 Å². The van der Waals surface area contributed by atoms with Crippen LogP contribution in [-0.2, 0) is 4.79 Å². The molecular weight excluding hydrogens is 284 g/mol. The zero-order valence-electron chi connectivity index (χ0n) is 15.4. The van der Waals surface area contributed by atoms with Crippen molar-refractivity contribution in [3.8, 4) is 0 Å². The second kappa shape index (κ2) is 6.57. The summed E-state index contributed by atoms with van der Waals surface area (Å²) in [7, 11) is 0. The van der Waals surface area contributed by atoms with E-state index in [1.165, 1.54) is 38.5 Å². The smallest absolute Gasteiger partial charge is 0.243 e. The van der Waals surface area contributed by atoms with Crippen molar-refractivity contribution >= 4 is 11.6 Å². The third-order valence-corrected chi connectivity index (χ3v) is 6.94. The molecule has 3 atom stereocenters. The van der Waals surface area contributed by atoms with Crippen molar-refractivity contribution in [3.63, 3.8) is 0 Å². The Balaban J connectivity index is 1.47. The van der Waals surface area contributed by atoms with Crippen molar-refractivity contribution in [2.75, 3.05) is 0 Å². The van der Waals surface area contributed by atoms with E-state index in [2.05, 4.69) is 38.2 Å². The number of nitrogens with one attached hydrogen (secondary N) is 1. The quantitative estimate of drug-likeness (QED) is 0.591. The highest BCUT2D eigenvalue weighted by Crippen LogP contribution is 2.48. The minimum Gasteiger partial charge on any atom is -0.273 e. The lowest BCUT2D eigenvalue weighted by atomic mass is 9.70. The van der Waals surface area contributed by atoms with Crippen LogP contribution in [0.2, 0.25) is 0 Å². The molecule has 0 aromatic heterocycles. The molecule has 0 aromatic carbocycles. The fraction of sp³-hybridized carbons (Fsp3) is 0.900. The number of hydrogen-bond acceptors (Lipinski definition) is 2. The van der Waals surface area contributed by atoms with Gasteiger partial charge in [0.15, 0.2) is 0 Å². The second-order valence-corrected chi connectivity index (χ2v) is 9.43. The normalized spacial score (nSPS) is 37.9. The zero-order valence-corrected chi connectivity index (χ0v) is 15.4. The summed E-state index contributed by atoms with van der Waals surface area (Å²) < 4.78 is 0. The summed E-state index contributed by atoms with van der Waals surface area (Å²) in [6.45, 7) is 9.07. The van der Waals surface area contributed by atoms with Crippen molar-refractivity contribution in [1.29, 1.82) is 0 Å². The fourth-order valence-corrected chi connectivity index (χ4v) is 5.30. The summed E-state index contributed by atoms with van der Waals surface area (Å²) in [4.78, 5) is 12.4. The van der Waals surface area contributed by atoms with E-state index in [0.717, 1.165) is 36.3 Å². The SMILES string of the molecule is C/C(=N\NC(=O)C1CCC(C(C)(C)C)CC1)[C@H]1C[C@H]2CC[C@H]1C2. The third kappa shape index (κ3) is 3.80. The van der Waals surface area contributed by atoms with Gasteiger partial charge in [0, 0.05) is 17.5 Å². The maximum absolute atomic E-state index is 12.4. The molecule has 3 saturated carbocycles. The Morgan fingerprint density at radius 1 is 1.00 bits per heavy atom. The van der Waals surface area contributed by atoms with Gasteiger partial charge in [-0.2, -0.15) is 5.10 Å². The highest BCUT2D eigenvalue weighted by molar-refractivity contribution is 5.87. The van der Waals surface area contributed by atoms with Crippen LogP contribution in [0.15, 0.2) is 5.10 Å². The van der Waals surface area contributed by atoms with Crippen LogP contribution < -0.4 is 5.43 Å². The van der Waals surface area contributed by atoms with E-state index in [4.69, 9.17) is 0 Å². The number of carbonyl (C=O) groups excluding carboxylic acids is 1. The number of nitrogens with zero attached hydrogens (tertiary/aromatic N) is 1. The average molecular weight is 319 g/mol. The van der Waals surface area contributed by atoms with Crippen LogP contribution >= 0.6 is 0 Å². The molecular formula is C20H34N2O. The van der Waals surface area contributed by atoms with Gasteiger partial charge in [-0.25, -0.2) is 5.43 Å². The van der Waals surface area contributed by atoms with E-state index in [9.17, 15) is 4.79 Å². The molecule has 3 nitrogen and oxygen atoms in total. The topological polar surface area (TPSA) is 41.5 Å². The minimum absolute atomic E-state index is 0.153. The first-order valence-electron chi connectivity index (χ1n) is 9.68. The van der Waals surface area contributed by atoms with Crippen molar-refractivity contribution in [2.45, 2.75) is 79.1 Å². The van der Waals surface area contributed by atoms with Gasteiger partial charge in [0.25, 0.3) is 0 Å². The molecule has 3 heteroatoms. The molecule has 130 valence electrons. The molecule has 1 N–H and O–H groups in total. The standard InChI is InChI=1S/C20H34N2O/c1-13(18-12-14-5-6-16(18)11-14)21-22-19(23)15-7-9-17(10-8-15)20(2,3)4/h14-18H,5-12H2,1-4H3,(H,22,23)/b21-13+/t14-,15?,16-,17?,18+/m0/s1. The molecule has 0 aromatic rings. The number of fused-ring (bicyclic) bond motifs is 2. The van der Waals surface area contributed by atoms with Crippen molar-refractivity contribution in [2.24, 2.45) is 40.1 Å². The number of carbonyl (C=O) groups is 1. The molecule has 0 aliphatic heterocycles. The van der Waals surface area contributed by atoms with Crippen LogP contribution in [0.1, 0.15) is 79.1 Å². The van der Waals surface area contributed by atoms with E-state index in [1.807, 2.05) is 0 Å². The molecule has 1 amide bonds. The maximum Gasteiger partial charge on any atom is 0.243 e. The Morgan fingerprint density at radius 2 is 1.70 bits per heavy atom. The Bertz CT molecular complexity index is 469. The highest BCUT2D eigenvalue weighted by Gasteiger charge is 2.40. The number of rotatable bonds is 3. The van der Waals surface area contributed by atoms with Crippen LogP contribution in [0.5, 0.6) is 0 Å². The summed E-state index contributed by atoms with van der Waals surface area (Å²) >= 11 is 0. The molecule has 0 saturated heterocycles. The summed E-state index contributed by atoms with van der Waals surface area (Å²) in [5.41, 5.74) is 4.43. The first-order valence-corrected chi connectivity index (χ1v) is 9.68. The Morgan fingerprint density at radius 3 is 2.22 bits per heavy atom. The van der Waals surface area contributed by atoms with Crippen LogP contribution in [0.3, 0.4) is 0 Å². The summed E-state index contributed by atoms with van der Waals surface area (Å²) in [6.07, 6.45) is 9.87. The molecule has 0 heterocycles. The molecule has 23 heavy (non-hydrogen) atoms. The van der Waals surface area contributed by atoms with E-state index in [-0.39, 0.29) is 11.8 Å². The maximum atomic E-state index is 12.4. The lowest BCUT2D eigenvalue weighted by Crippen LogP contribution is -2.34. The summed E-state index contributed by atoms with van der Waals surface area (Å²) in [5.74, 6) is 3.47. The molecule has 0 spiro atoms. The Kier molecular flexibility index (Phi) is 4.85. The third-order valence-electron chi connectivity index (χ3n) is 6.94. The first kappa shape index (κ1) is 17.0. The second-order valence-electron chi connectivity index (χ2n) is 9.43. The molecule has 0 unspecified atom stereocenters. The van der Waals surface area contributed by atoms with Gasteiger partial charge >= 0.3 is 0 Å². The van der Waals surface area contributed by atoms with Crippen LogP contribution in [0, 0.1) is 35.0 Å². The lowest BCUT2D eigenvalue weighted by molar-refractivity contribution is -0.126. The summed E-state index contributed by atoms with van der Waals surface area (Å²) in [5, 5.41) is 4.48. The van der Waals surface area contributed by atoms with Gasteiger partial charge in [0.2, 0.25) is 5.91 Å². The molecule has 0 radical (unpaired) electrons. The molecule has 3 rings (SSSR count). The van der Waals surface area contributed by atoms with Crippen LogP contribution in [0.25, 0.3) is 0 Å². The first-order chi connectivity index (χ1) is 10.8. The van der Waals surface area contributed by atoms with Gasteiger partial charge in [0.1, 0.15) is 0 Å². The van der Waals surface area contributed by atoms with Gasteiger partial charge in [-0.3, -0.25) is 4.79 Å². The molecule has 3 aliphatic carbocycles. The van der Waals surface area contributed by atoms with Gasteiger partial charge in [-0.1, -0.05) is 27.2 Å². The highest BCUT2D eigenvalue weighted by atomic mass is 16.2. The Hall–Kier alpha value is -0.860. The molecule has 2 bridgehead atoms. The lowest BCUT2D eigenvalue weighted by Gasteiger charge is -2.36. The van der Waals surface area contributed by atoms with E-state index in [1.54, 1.807) is 0 Å². The molecule has 3 aliphatic rings. The van der Waals surface area contributed by atoms with Crippen molar-refractivity contribution in [3.05, 3.63) is 0 Å². The fourth-order valence-electron chi connectivity index (χ4n) is 5.30. The van der Waals surface area contributed by atoms with Gasteiger partial charge < -0.3 is 0 Å². The monoisotopic (exact) mass is 318 g/mol. The van der Waals surface area contributed by atoms with E-state index < -0.39 is 0 Å². The van der Waals surface area contributed by atoms with Crippen molar-refractivity contribution < 1.29 is 4.79 Å². The summed E-state index contributed by atoms with van der Waals surface area (Å²) in [6, 6.07) is 0. The number of hydrogen-bond donors (Lipinski definition) is 1. The van der Waals surface area contributed by atoms with Crippen molar-refractivity contribution in [1.82, 2.24) is 5.43 Å². The van der Waals surface area contributed by atoms with Gasteiger partial charge in [-0.05, 0) is 75.0 Å². The predicted molar refractivity (Wildman–Crippen MR) is 95.1 cm³/mol. The van der Waals surface area contributed by atoms with E-state index in [0.29, 0.717) is 11.3 Å². The van der Waals surface area contributed by atoms with Crippen LogP contribution in [0.4, 0.5) is 0 Å². The van der Waals surface area contributed by atoms with Crippen LogP contribution in [-0.4, -0.2) is 11.6 Å². The number of amides is 1. The minimum atomic E-state index is 0.153. The molecule has 3 fully saturated rings. The van der Waals surface area contributed by atoms with Gasteiger partial charge in [0.05, 0.1) is 0 Å². The average Bonchev–Trinajstić information content (AvgIpc) is 3.14. The largest absolute Gasteiger partial charge is 0.273 e.